The Morgan fingerprint density at radius 3 is 2.59 bits per heavy atom. The summed E-state index contributed by atoms with van der Waals surface area (Å²) in [7, 11) is 0. The van der Waals surface area contributed by atoms with Crippen LogP contribution in [0.5, 0.6) is 11.5 Å². The lowest BCUT2D eigenvalue weighted by Crippen LogP contribution is -2.21. The van der Waals surface area contributed by atoms with E-state index in [2.05, 4.69) is 10.6 Å². The fourth-order valence-corrected chi connectivity index (χ4v) is 3.46. The van der Waals surface area contributed by atoms with Gasteiger partial charge in [-0.15, -0.1) is 0 Å². The van der Waals surface area contributed by atoms with E-state index < -0.39 is 0 Å². The van der Waals surface area contributed by atoms with E-state index in [1.807, 2.05) is 54.7 Å². The van der Waals surface area contributed by atoms with Crippen molar-refractivity contribution in [1.29, 1.82) is 0 Å². The van der Waals surface area contributed by atoms with Crippen LogP contribution in [0.2, 0.25) is 0 Å². The van der Waals surface area contributed by atoms with Crippen molar-refractivity contribution in [3.63, 3.8) is 0 Å². The van der Waals surface area contributed by atoms with E-state index in [-0.39, 0.29) is 11.0 Å². The number of benzene rings is 2. The molecule has 3 heterocycles. The second-order valence-electron chi connectivity index (χ2n) is 6.54. The Bertz CT molecular complexity index is 1150. The molecule has 7 nitrogen and oxygen atoms in total. The van der Waals surface area contributed by atoms with Gasteiger partial charge in [0.05, 0.1) is 5.69 Å². The van der Waals surface area contributed by atoms with Crippen LogP contribution in [0.4, 0.5) is 0 Å². The summed E-state index contributed by atoms with van der Waals surface area (Å²) in [6.45, 7) is 1.04. The third-order valence-electron chi connectivity index (χ3n) is 4.60. The van der Waals surface area contributed by atoms with Crippen molar-refractivity contribution >= 4 is 29.3 Å². The van der Waals surface area contributed by atoms with Crippen LogP contribution in [0, 0.1) is 0 Å². The number of nitrogens with one attached hydrogen (secondary N) is 2. The molecule has 8 heteroatoms. The molecule has 0 bridgehead atoms. The van der Waals surface area contributed by atoms with Gasteiger partial charge in [0.15, 0.2) is 16.6 Å². The molecule has 3 aromatic rings. The molecule has 2 N–H and O–H groups in total. The quantitative estimate of drug-likeness (QED) is 0.516. The molecule has 1 fully saturated rings. The van der Waals surface area contributed by atoms with Crippen LogP contribution in [0.3, 0.4) is 0 Å². The van der Waals surface area contributed by atoms with Gasteiger partial charge < -0.3 is 14.8 Å². The Morgan fingerprint density at radius 2 is 1.83 bits per heavy atom. The van der Waals surface area contributed by atoms with Crippen molar-refractivity contribution in [3.8, 4) is 28.4 Å². The van der Waals surface area contributed by atoms with Crippen LogP contribution < -0.4 is 20.1 Å². The van der Waals surface area contributed by atoms with E-state index >= 15 is 0 Å². The van der Waals surface area contributed by atoms with Crippen molar-refractivity contribution < 1.29 is 14.3 Å². The summed E-state index contributed by atoms with van der Waals surface area (Å²) >= 11 is 5.03. The molecule has 0 atom stereocenters. The van der Waals surface area contributed by atoms with Crippen molar-refractivity contribution in [2.75, 3.05) is 13.2 Å². The fourth-order valence-electron chi connectivity index (χ4n) is 3.26. The van der Waals surface area contributed by atoms with Crippen LogP contribution in [-0.2, 0) is 4.79 Å². The maximum absolute atomic E-state index is 12.1. The Labute approximate surface area is 171 Å². The maximum Gasteiger partial charge on any atom is 0.273 e. The smallest absolute Gasteiger partial charge is 0.273 e. The number of nitrogens with zero attached hydrogens (tertiary/aromatic N) is 2. The lowest BCUT2D eigenvalue weighted by Gasteiger charge is -2.18. The second-order valence-corrected chi connectivity index (χ2v) is 6.95. The van der Waals surface area contributed by atoms with Crippen molar-refractivity contribution in [2.24, 2.45) is 0 Å². The van der Waals surface area contributed by atoms with Gasteiger partial charge in [-0.3, -0.25) is 10.1 Å². The van der Waals surface area contributed by atoms with Gasteiger partial charge in [-0.2, -0.15) is 5.10 Å². The largest absolute Gasteiger partial charge is 0.486 e. The molecule has 1 aromatic heterocycles. The Kier molecular flexibility index (Phi) is 4.25. The maximum atomic E-state index is 12.1. The molecule has 1 saturated heterocycles. The predicted octanol–water partition coefficient (Wildman–Crippen LogP) is 2.66. The van der Waals surface area contributed by atoms with Crippen LogP contribution in [0.15, 0.2) is 60.4 Å². The highest BCUT2D eigenvalue weighted by Gasteiger charge is 2.22. The Morgan fingerprint density at radius 1 is 1.03 bits per heavy atom. The van der Waals surface area contributed by atoms with E-state index in [0.717, 1.165) is 16.8 Å². The molecule has 144 valence electrons. The first kappa shape index (κ1) is 17.4. The number of hydrogen-bond donors (Lipinski definition) is 2. The van der Waals surface area contributed by atoms with Crippen LogP contribution in [-0.4, -0.2) is 34.0 Å². The summed E-state index contributed by atoms with van der Waals surface area (Å²) in [6, 6.07) is 15.5. The third kappa shape index (κ3) is 3.34. The number of fused-ring (bicyclic) bond motifs is 1. The number of aromatic nitrogens is 2. The minimum Gasteiger partial charge on any atom is -0.486 e. The van der Waals surface area contributed by atoms with Crippen molar-refractivity contribution in [2.45, 2.75) is 0 Å². The molecule has 0 radical (unpaired) electrons. The second kappa shape index (κ2) is 7.06. The van der Waals surface area contributed by atoms with Crippen LogP contribution in [0.1, 0.15) is 5.56 Å². The van der Waals surface area contributed by atoms with E-state index in [9.17, 15) is 4.79 Å². The molecule has 0 aliphatic carbocycles. The number of hydrogen-bond acceptors (Lipinski definition) is 5. The molecule has 0 unspecified atom stereocenters. The predicted molar refractivity (Wildman–Crippen MR) is 112 cm³/mol. The standard InChI is InChI=1S/C21H16N4O3S/c26-20-16(22-21(29)23-20)10-14-12-25(15-4-2-1-3-5-15)24-19(14)13-6-7-17-18(11-13)28-9-8-27-17/h1-7,10-12H,8-9H2,(H2,22,23,26,29). The summed E-state index contributed by atoms with van der Waals surface area (Å²) in [4.78, 5) is 12.1. The lowest BCUT2D eigenvalue weighted by molar-refractivity contribution is -0.115. The van der Waals surface area contributed by atoms with E-state index in [4.69, 9.17) is 26.8 Å². The van der Waals surface area contributed by atoms with E-state index in [0.29, 0.717) is 36.1 Å². The van der Waals surface area contributed by atoms with Gasteiger partial charge in [-0.25, -0.2) is 4.68 Å². The van der Waals surface area contributed by atoms with E-state index in [1.54, 1.807) is 10.8 Å². The normalized spacial score (nSPS) is 16.6. The lowest BCUT2D eigenvalue weighted by atomic mass is 10.1. The number of carbonyl (C=O) groups is 1. The Hall–Kier alpha value is -3.65. The fraction of sp³-hybridized carbons (Fsp3) is 0.0952. The minimum atomic E-state index is -0.268. The first-order valence-electron chi connectivity index (χ1n) is 9.06. The monoisotopic (exact) mass is 404 g/mol. The van der Waals surface area contributed by atoms with Crippen molar-refractivity contribution in [1.82, 2.24) is 20.4 Å². The molecule has 29 heavy (non-hydrogen) atoms. The molecular formula is C21H16N4O3S. The van der Waals surface area contributed by atoms with Gasteiger partial charge >= 0.3 is 0 Å². The number of thiocarbonyl (C=S) groups is 1. The first-order valence-corrected chi connectivity index (χ1v) is 9.47. The number of amides is 1. The first-order chi connectivity index (χ1) is 14.2. The summed E-state index contributed by atoms with van der Waals surface area (Å²) in [5.41, 5.74) is 3.63. The van der Waals surface area contributed by atoms with Crippen molar-refractivity contribution in [3.05, 3.63) is 66.0 Å². The van der Waals surface area contributed by atoms with Gasteiger partial charge in [0.1, 0.15) is 24.6 Å². The Balaban J connectivity index is 1.63. The highest BCUT2D eigenvalue weighted by atomic mass is 32.1. The van der Waals surface area contributed by atoms with Crippen LogP contribution >= 0.6 is 12.2 Å². The summed E-state index contributed by atoms with van der Waals surface area (Å²) < 4.78 is 13.1. The van der Waals surface area contributed by atoms with Gasteiger partial charge in [0, 0.05) is 17.3 Å². The zero-order chi connectivity index (χ0) is 19.8. The van der Waals surface area contributed by atoms with Gasteiger partial charge in [-0.1, -0.05) is 18.2 Å². The molecule has 5 rings (SSSR count). The average molecular weight is 404 g/mol. The molecule has 2 aromatic carbocycles. The van der Waals surface area contributed by atoms with Gasteiger partial charge in [0.2, 0.25) is 0 Å². The highest BCUT2D eigenvalue weighted by Crippen LogP contribution is 2.35. The zero-order valence-corrected chi connectivity index (χ0v) is 16.0. The molecule has 2 aliphatic rings. The van der Waals surface area contributed by atoms with E-state index in [1.165, 1.54) is 0 Å². The van der Waals surface area contributed by atoms with Crippen LogP contribution in [0.25, 0.3) is 23.0 Å². The molecule has 1 amide bonds. The molecular weight excluding hydrogens is 388 g/mol. The molecule has 0 spiro atoms. The van der Waals surface area contributed by atoms with Gasteiger partial charge in [-0.05, 0) is 48.6 Å². The minimum absolute atomic E-state index is 0.268. The number of rotatable bonds is 3. The molecule has 0 saturated carbocycles. The average Bonchev–Trinajstić information content (AvgIpc) is 3.31. The SMILES string of the molecule is O=C1NC(=S)NC1=Cc1cn(-c2ccccc2)nc1-c1ccc2c(c1)OCCO2. The summed E-state index contributed by atoms with van der Waals surface area (Å²) in [5.74, 6) is 1.12. The van der Waals surface area contributed by atoms with Gasteiger partial charge in [0.25, 0.3) is 5.91 Å². The number of para-hydroxylation sites is 1. The third-order valence-corrected chi connectivity index (χ3v) is 4.80. The number of ether oxygens (including phenoxy) is 2. The zero-order valence-electron chi connectivity index (χ0n) is 15.2. The highest BCUT2D eigenvalue weighted by molar-refractivity contribution is 7.80. The summed E-state index contributed by atoms with van der Waals surface area (Å²) in [5, 5.41) is 10.5. The number of carbonyl (C=O) groups excluding carboxylic acids is 1. The topological polar surface area (TPSA) is 77.4 Å². The summed E-state index contributed by atoms with van der Waals surface area (Å²) in [6.07, 6.45) is 3.62. The molecule has 2 aliphatic heterocycles.